The lowest BCUT2D eigenvalue weighted by Crippen LogP contribution is -2.47. The van der Waals surface area contributed by atoms with Crippen molar-refractivity contribution in [1.29, 1.82) is 0 Å². The van der Waals surface area contributed by atoms with Crippen molar-refractivity contribution in [2.75, 3.05) is 0 Å². The van der Waals surface area contributed by atoms with Gasteiger partial charge in [-0.1, -0.05) is 72.9 Å². The van der Waals surface area contributed by atoms with E-state index in [0.29, 0.717) is 4.99 Å². The maximum atomic E-state index is 12.9. The first-order valence-corrected chi connectivity index (χ1v) is 8.61. The highest BCUT2D eigenvalue weighted by molar-refractivity contribution is 7.82. The third-order valence-corrected chi connectivity index (χ3v) is 5.06. The molecule has 4 heteroatoms. The summed E-state index contributed by atoms with van der Waals surface area (Å²) in [6, 6.07) is 19.8. The van der Waals surface area contributed by atoms with Crippen LogP contribution in [0.1, 0.15) is 30.9 Å². The van der Waals surface area contributed by atoms with Crippen molar-refractivity contribution in [3.05, 3.63) is 71.8 Å². The Hall–Kier alpha value is -2.33. The largest absolute Gasteiger partial charge is 0.274 e. The molecule has 1 fully saturated rings. The second-order valence-electron chi connectivity index (χ2n) is 6.47. The summed E-state index contributed by atoms with van der Waals surface area (Å²) < 4.78 is 0. The van der Waals surface area contributed by atoms with Crippen molar-refractivity contribution in [1.82, 2.24) is 4.90 Å². The molecule has 1 aliphatic heterocycles. The summed E-state index contributed by atoms with van der Waals surface area (Å²) in [6.45, 7) is 1.98. The van der Waals surface area contributed by atoms with Crippen LogP contribution in [0.4, 0.5) is 0 Å². The molecule has 0 saturated heterocycles. The lowest BCUT2D eigenvalue weighted by molar-refractivity contribution is -0.132. The predicted octanol–water partition coefficient (Wildman–Crippen LogP) is 3.93. The SMILES string of the molecule is CC1(c2ccccc2)N=C(c2ccccc2)C(=S)N1C(=O)C1CC1. The van der Waals surface area contributed by atoms with Crippen molar-refractivity contribution in [3.63, 3.8) is 0 Å². The van der Waals surface area contributed by atoms with Gasteiger partial charge in [0.15, 0.2) is 5.66 Å². The van der Waals surface area contributed by atoms with Gasteiger partial charge in [-0.3, -0.25) is 9.69 Å². The predicted molar refractivity (Wildman–Crippen MR) is 98.9 cm³/mol. The van der Waals surface area contributed by atoms with Crippen molar-refractivity contribution in [3.8, 4) is 0 Å². The van der Waals surface area contributed by atoms with Gasteiger partial charge in [-0.15, -0.1) is 0 Å². The highest BCUT2D eigenvalue weighted by Gasteiger charge is 2.49. The first kappa shape index (κ1) is 15.2. The Kier molecular flexibility index (Phi) is 3.57. The van der Waals surface area contributed by atoms with Crippen LogP contribution >= 0.6 is 12.2 Å². The fraction of sp³-hybridized carbons (Fsp3) is 0.250. The third-order valence-electron chi connectivity index (χ3n) is 4.69. The summed E-state index contributed by atoms with van der Waals surface area (Å²) in [6.07, 6.45) is 1.90. The van der Waals surface area contributed by atoms with E-state index >= 15 is 0 Å². The average Bonchev–Trinajstić information content (AvgIpc) is 3.42. The molecule has 2 aromatic rings. The van der Waals surface area contributed by atoms with Gasteiger partial charge in [0.05, 0.1) is 0 Å². The minimum Gasteiger partial charge on any atom is -0.274 e. The minimum absolute atomic E-state index is 0.0938. The van der Waals surface area contributed by atoms with Gasteiger partial charge in [0.1, 0.15) is 10.7 Å². The van der Waals surface area contributed by atoms with Gasteiger partial charge >= 0.3 is 0 Å². The molecule has 2 aromatic carbocycles. The van der Waals surface area contributed by atoms with Gasteiger partial charge in [0.25, 0.3) is 0 Å². The molecule has 0 aromatic heterocycles. The molecule has 3 nitrogen and oxygen atoms in total. The maximum Gasteiger partial charge on any atom is 0.233 e. The standard InChI is InChI=1S/C20H18N2OS/c1-20(16-10-6-3-7-11-16)21-17(14-8-4-2-5-9-14)19(24)22(20)18(23)15-12-13-15/h2-11,15H,12-13H2,1H3. The number of hydrogen-bond acceptors (Lipinski definition) is 3. The van der Waals surface area contributed by atoms with E-state index in [9.17, 15) is 4.79 Å². The smallest absolute Gasteiger partial charge is 0.233 e. The second kappa shape index (κ2) is 5.64. The van der Waals surface area contributed by atoms with Gasteiger partial charge in [0, 0.05) is 11.5 Å². The Labute approximate surface area is 147 Å². The number of benzene rings is 2. The number of nitrogens with zero attached hydrogens (tertiary/aromatic N) is 2. The van der Waals surface area contributed by atoms with E-state index in [-0.39, 0.29) is 11.8 Å². The zero-order chi connectivity index (χ0) is 16.7. The van der Waals surface area contributed by atoms with E-state index in [1.807, 2.05) is 67.6 Å². The molecule has 4 rings (SSSR count). The number of hydrogen-bond donors (Lipinski definition) is 0. The molecule has 0 N–H and O–H groups in total. The van der Waals surface area contributed by atoms with E-state index in [1.54, 1.807) is 4.90 Å². The summed E-state index contributed by atoms with van der Waals surface area (Å²) in [7, 11) is 0. The van der Waals surface area contributed by atoms with Crippen LogP contribution in [0.5, 0.6) is 0 Å². The number of carbonyl (C=O) groups is 1. The second-order valence-corrected chi connectivity index (χ2v) is 6.85. The molecule has 1 atom stereocenters. The van der Waals surface area contributed by atoms with Gasteiger partial charge in [0.2, 0.25) is 5.91 Å². The van der Waals surface area contributed by atoms with Crippen molar-refractivity contribution >= 4 is 28.8 Å². The highest BCUT2D eigenvalue weighted by atomic mass is 32.1. The van der Waals surface area contributed by atoms with E-state index in [0.717, 1.165) is 29.7 Å². The van der Waals surface area contributed by atoms with Crippen LogP contribution in [0.25, 0.3) is 0 Å². The zero-order valence-electron chi connectivity index (χ0n) is 13.5. The molecule has 0 bridgehead atoms. The maximum absolute atomic E-state index is 12.9. The van der Waals surface area contributed by atoms with E-state index < -0.39 is 5.66 Å². The number of amides is 1. The van der Waals surface area contributed by atoms with Crippen LogP contribution in [-0.2, 0) is 10.5 Å². The van der Waals surface area contributed by atoms with Gasteiger partial charge < -0.3 is 0 Å². The van der Waals surface area contributed by atoms with Crippen molar-refractivity contribution < 1.29 is 4.79 Å². The normalized spacial score (nSPS) is 23.3. The summed E-state index contributed by atoms with van der Waals surface area (Å²) >= 11 is 5.69. The van der Waals surface area contributed by atoms with Gasteiger partial charge in [-0.05, 0) is 25.3 Å². The fourth-order valence-corrected chi connectivity index (χ4v) is 3.61. The molecule has 1 saturated carbocycles. The molecule has 0 spiro atoms. The Bertz CT molecular complexity index is 827. The molecular weight excluding hydrogens is 316 g/mol. The van der Waals surface area contributed by atoms with E-state index in [4.69, 9.17) is 17.2 Å². The molecular formula is C20H18N2OS. The number of carbonyl (C=O) groups excluding carboxylic acids is 1. The van der Waals surface area contributed by atoms with Gasteiger partial charge in [-0.2, -0.15) is 0 Å². The third kappa shape index (κ3) is 2.38. The highest BCUT2D eigenvalue weighted by Crippen LogP contribution is 2.41. The summed E-state index contributed by atoms with van der Waals surface area (Å²) in [4.78, 5) is 20.1. The van der Waals surface area contributed by atoms with Crippen LogP contribution in [0.3, 0.4) is 0 Å². The molecule has 24 heavy (non-hydrogen) atoms. The summed E-state index contributed by atoms with van der Waals surface area (Å²) in [5, 5.41) is 0. The Morgan fingerprint density at radius 2 is 1.67 bits per heavy atom. The zero-order valence-corrected chi connectivity index (χ0v) is 14.3. The Morgan fingerprint density at radius 1 is 1.08 bits per heavy atom. The van der Waals surface area contributed by atoms with Crippen LogP contribution in [0.2, 0.25) is 0 Å². The summed E-state index contributed by atoms with van der Waals surface area (Å²) in [5.74, 6) is 0.192. The van der Waals surface area contributed by atoms with Crippen LogP contribution < -0.4 is 0 Å². The molecule has 1 heterocycles. The van der Waals surface area contributed by atoms with Gasteiger partial charge in [-0.25, -0.2) is 4.99 Å². The Morgan fingerprint density at radius 3 is 2.25 bits per heavy atom. The van der Waals surface area contributed by atoms with Crippen LogP contribution in [-0.4, -0.2) is 21.5 Å². The first-order chi connectivity index (χ1) is 11.6. The molecule has 1 aliphatic carbocycles. The quantitative estimate of drug-likeness (QED) is 0.797. The van der Waals surface area contributed by atoms with Crippen LogP contribution in [0, 0.1) is 5.92 Å². The Balaban J connectivity index is 1.85. The number of aliphatic imine (C=N–C) groups is 1. The van der Waals surface area contributed by atoms with Crippen LogP contribution in [0.15, 0.2) is 65.7 Å². The first-order valence-electron chi connectivity index (χ1n) is 8.20. The number of rotatable bonds is 3. The van der Waals surface area contributed by atoms with Crippen molar-refractivity contribution in [2.45, 2.75) is 25.4 Å². The topological polar surface area (TPSA) is 32.7 Å². The number of thiocarbonyl (C=S) groups is 1. The lowest BCUT2D eigenvalue weighted by atomic mass is 10.0. The molecule has 1 amide bonds. The summed E-state index contributed by atoms with van der Waals surface area (Å²) in [5.41, 5.74) is 1.89. The lowest BCUT2D eigenvalue weighted by Gasteiger charge is -2.33. The monoisotopic (exact) mass is 334 g/mol. The molecule has 120 valence electrons. The minimum atomic E-state index is -0.775. The van der Waals surface area contributed by atoms with E-state index in [1.165, 1.54) is 0 Å². The van der Waals surface area contributed by atoms with E-state index in [2.05, 4.69) is 0 Å². The molecule has 0 radical (unpaired) electrons. The fourth-order valence-electron chi connectivity index (χ4n) is 3.18. The van der Waals surface area contributed by atoms with Crippen molar-refractivity contribution in [2.24, 2.45) is 10.9 Å². The molecule has 2 aliphatic rings. The molecule has 1 unspecified atom stereocenters. The average molecular weight is 334 g/mol.